The lowest BCUT2D eigenvalue weighted by Crippen LogP contribution is -2.17. The largest absolute Gasteiger partial charge is 0.323 e. The van der Waals surface area contributed by atoms with Gasteiger partial charge < -0.3 is 4.57 Å². The van der Waals surface area contributed by atoms with Gasteiger partial charge in [0.05, 0.1) is 6.54 Å². The van der Waals surface area contributed by atoms with E-state index in [4.69, 9.17) is 0 Å². The molecule has 1 aromatic heterocycles. The molecule has 1 aromatic carbocycles. The molecule has 0 saturated carbocycles. The quantitative estimate of drug-likeness (QED) is 0.625. The fraction of sp³-hybridized carbons (Fsp3) is 0.0909. The molecule has 2 heterocycles. The Labute approximate surface area is 81.0 Å². The standard InChI is InChI=1S/C11H8N2O/c14-10-7-13-6-5-12-11(13)9-4-2-1-3-8(9)10/h1-6H,7H2. The third-order valence-electron chi connectivity index (χ3n) is 2.50. The fourth-order valence-electron chi connectivity index (χ4n) is 1.84. The van der Waals surface area contributed by atoms with Gasteiger partial charge in [0.2, 0.25) is 0 Å². The zero-order chi connectivity index (χ0) is 9.54. The summed E-state index contributed by atoms with van der Waals surface area (Å²) >= 11 is 0. The SMILES string of the molecule is O=C1Cn2ccnc2-c2ccccc21. The van der Waals surface area contributed by atoms with Gasteiger partial charge in [-0.3, -0.25) is 4.79 Å². The Morgan fingerprint density at radius 2 is 2.00 bits per heavy atom. The van der Waals surface area contributed by atoms with Crippen LogP contribution in [0.1, 0.15) is 10.4 Å². The zero-order valence-corrected chi connectivity index (χ0v) is 7.47. The van der Waals surface area contributed by atoms with Gasteiger partial charge in [-0.05, 0) is 0 Å². The number of hydrogen-bond acceptors (Lipinski definition) is 2. The van der Waals surface area contributed by atoms with Gasteiger partial charge in [-0.1, -0.05) is 24.3 Å². The van der Waals surface area contributed by atoms with Crippen LogP contribution >= 0.6 is 0 Å². The molecule has 0 atom stereocenters. The third-order valence-corrected chi connectivity index (χ3v) is 2.50. The Bertz CT molecular complexity index is 514. The van der Waals surface area contributed by atoms with Crippen molar-refractivity contribution >= 4 is 5.78 Å². The van der Waals surface area contributed by atoms with Crippen LogP contribution in [-0.4, -0.2) is 15.3 Å². The van der Waals surface area contributed by atoms with Crippen LogP contribution in [0.3, 0.4) is 0 Å². The van der Waals surface area contributed by atoms with E-state index in [1.807, 2.05) is 35.0 Å². The summed E-state index contributed by atoms with van der Waals surface area (Å²) in [4.78, 5) is 15.9. The maximum atomic E-state index is 11.7. The summed E-state index contributed by atoms with van der Waals surface area (Å²) in [5.41, 5.74) is 1.72. The maximum Gasteiger partial charge on any atom is 0.183 e. The van der Waals surface area contributed by atoms with Crippen molar-refractivity contribution in [2.45, 2.75) is 6.54 Å². The van der Waals surface area contributed by atoms with Crippen LogP contribution in [0, 0.1) is 0 Å². The number of rotatable bonds is 0. The van der Waals surface area contributed by atoms with E-state index >= 15 is 0 Å². The summed E-state index contributed by atoms with van der Waals surface area (Å²) < 4.78 is 1.88. The van der Waals surface area contributed by atoms with Crippen molar-refractivity contribution in [3.8, 4) is 11.4 Å². The van der Waals surface area contributed by atoms with Crippen molar-refractivity contribution < 1.29 is 4.79 Å². The minimum atomic E-state index is 0.158. The summed E-state index contributed by atoms with van der Waals surface area (Å²) in [7, 11) is 0. The molecule has 3 nitrogen and oxygen atoms in total. The number of Topliss-reactive ketones (excluding diaryl/α,β-unsaturated/α-hetero) is 1. The highest BCUT2D eigenvalue weighted by atomic mass is 16.1. The second kappa shape index (κ2) is 2.54. The normalized spacial score (nSPS) is 13.6. The van der Waals surface area contributed by atoms with Crippen LogP contribution < -0.4 is 0 Å². The number of fused-ring (bicyclic) bond motifs is 3. The van der Waals surface area contributed by atoms with Gasteiger partial charge in [-0.2, -0.15) is 0 Å². The maximum absolute atomic E-state index is 11.7. The van der Waals surface area contributed by atoms with Crippen LogP contribution in [0.25, 0.3) is 11.4 Å². The highest BCUT2D eigenvalue weighted by Crippen LogP contribution is 2.26. The number of imidazole rings is 1. The highest BCUT2D eigenvalue weighted by Gasteiger charge is 2.21. The summed E-state index contributed by atoms with van der Waals surface area (Å²) in [6.07, 6.45) is 3.56. The summed E-state index contributed by atoms with van der Waals surface area (Å²) in [5.74, 6) is 1.05. The number of benzene rings is 1. The van der Waals surface area contributed by atoms with Gasteiger partial charge in [0.25, 0.3) is 0 Å². The van der Waals surface area contributed by atoms with E-state index in [-0.39, 0.29) is 5.78 Å². The zero-order valence-electron chi connectivity index (χ0n) is 7.47. The van der Waals surface area contributed by atoms with Crippen LogP contribution in [0.5, 0.6) is 0 Å². The predicted octanol–water partition coefficient (Wildman–Crippen LogP) is 1.75. The molecule has 0 radical (unpaired) electrons. The molecule has 68 valence electrons. The van der Waals surface area contributed by atoms with E-state index in [1.165, 1.54) is 0 Å². The molecule has 1 aliphatic rings. The Hall–Kier alpha value is -1.90. The molecule has 0 spiro atoms. The highest BCUT2D eigenvalue weighted by molar-refractivity contribution is 6.03. The van der Waals surface area contributed by atoms with Gasteiger partial charge in [-0.25, -0.2) is 4.98 Å². The summed E-state index contributed by atoms with van der Waals surface area (Å²) in [6, 6.07) is 7.60. The van der Waals surface area contributed by atoms with Crippen LogP contribution in [0.15, 0.2) is 36.7 Å². The predicted molar refractivity (Wildman–Crippen MR) is 52.0 cm³/mol. The molecule has 1 aliphatic heterocycles. The molecule has 2 aromatic rings. The monoisotopic (exact) mass is 184 g/mol. The van der Waals surface area contributed by atoms with Crippen LogP contribution in [0.2, 0.25) is 0 Å². The van der Waals surface area contributed by atoms with Gasteiger partial charge in [0, 0.05) is 23.5 Å². The molecule has 14 heavy (non-hydrogen) atoms. The fourth-order valence-corrected chi connectivity index (χ4v) is 1.84. The van der Waals surface area contributed by atoms with E-state index in [0.717, 1.165) is 17.0 Å². The van der Waals surface area contributed by atoms with Crippen molar-refractivity contribution in [1.82, 2.24) is 9.55 Å². The number of carbonyl (C=O) groups excluding carboxylic acids is 1. The Morgan fingerprint density at radius 3 is 2.86 bits per heavy atom. The molecule has 0 bridgehead atoms. The van der Waals surface area contributed by atoms with E-state index in [9.17, 15) is 4.79 Å². The lowest BCUT2D eigenvalue weighted by Gasteiger charge is -2.16. The number of nitrogens with zero attached hydrogens (tertiary/aromatic N) is 2. The summed E-state index contributed by atoms with van der Waals surface area (Å²) in [6.45, 7) is 0.409. The van der Waals surface area contributed by atoms with Crippen molar-refractivity contribution in [1.29, 1.82) is 0 Å². The second-order valence-corrected chi connectivity index (χ2v) is 3.35. The Kier molecular flexibility index (Phi) is 1.36. The molecule has 0 fully saturated rings. The third kappa shape index (κ3) is 0.865. The van der Waals surface area contributed by atoms with Gasteiger partial charge in [0.15, 0.2) is 5.78 Å². The molecular weight excluding hydrogens is 176 g/mol. The minimum absolute atomic E-state index is 0.158. The number of ketones is 1. The molecular formula is C11H8N2O. The van der Waals surface area contributed by atoms with E-state index in [1.54, 1.807) is 6.20 Å². The topological polar surface area (TPSA) is 34.9 Å². The number of aromatic nitrogens is 2. The van der Waals surface area contributed by atoms with E-state index in [0.29, 0.717) is 6.54 Å². The first-order valence-electron chi connectivity index (χ1n) is 4.50. The number of carbonyl (C=O) groups is 1. The van der Waals surface area contributed by atoms with E-state index in [2.05, 4.69) is 4.98 Å². The molecule has 3 rings (SSSR count). The second-order valence-electron chi connectivity index (χ2n) is 3.35. The number of hydrogen-bond donors (Lipinski definition) is 0. The average Bonchev–Trinajstić information content (AvgIpc) is 2.66. The van der Waals surface area contributed by atoms with Gasteiger partial charge in [0.1, 0.15) is 5.82 Å². The molecule has 0 unspecified atom stereocenters. The Balaban J connectivity index is 2.36. The minimum Gasteiger partial charge on any atom is -0.323 e. The van der Waals surface area contributed by atoms with Crippen molar-refractivity contribution in [3.05, 3.63) is 42.2 Å². The molecule has 0 N–H and O–H groups in total. The first-order valence-corrected chi connectivity index (χ1v) is 4.50. The molecule has 0 amide bonds. The Morgan fingerprint density at radius 1 is 1.21 bits per heavy atom. The van der Waals surface area contributed by atoms with Gasteiger partial charge in [-0.15, -0.1) is 0 Å². The lowest BCUT2D eigenvalue weighted by atomic mass is 10.00. The smallest absolute Gasteiger partial charge is 0.183 e. The molecule has 0 saturated heterocycles. The summed E-state index contributed by atoms with van der Waals surface area (Å²) in [5, 5.41) is 0. The van der Waals surface area contributed by atoms with Gasteiger partial charge >= 0.3 is 0 Å². The molecule has 0 aliphatic carbocycles. The van der Waals surface area contributed by atoms with Crippen LogP contribution in [-0.2, 0) is 6.54 Å². The van der Waals surface area contributed by atoms with Crippen LogP contribution in [0.4, 0.5) is 0 Å². The van der Waals surface area contributed by atoms with Crippen molar-refractivity contribution in [3.63, 3.8) is 0 Å². The van der Waals surface area contributed by atoms with Crippen molar-refractivity contribution in [2.75, 3.05) is 0 Å². The van der Waals surface area contributed by atoms with Crippen molar-refractivity contribution in [2.24, 2.45) is 0 Å². The first-order chi connectivity index (χ1) is 6.86. The lowest BCUT2D eigenvalue weighted by molar-refractivity contribution is 0.0969. The molecule has 3 heteroatoms. The average molecular weight is 184 g/mol. The first kappa shape index (κ1) is 7.50. The van der Waals surface area contributed by atoms with E-state index < -0.39 is 0 Å².